The molecule has 0 unspecified atom stereocenters. The van der Waals surface area contributed by atoms with Gasteiger partial charge < -0.3 is 34.4 Å². The van der Waals surface area contributed by atoms with Crippen molar-refractivity contribution in [3.05, 3.63) is 60.2 Å². The van der Waals surface area contributed by atoms with E-state index in [9.17, 15) is 24.3 Å². The highest BCUT2D eigenvalue weighted by Crippen LogP contribution is 2.56. The standard InChI is InChI=1S/C34H45N3O8/c1-4-5-11-18-36-19-12-7-10-15-26(39)35-24(21-43-3)29(23-13-8-6-9-14-23)44-33(42)27-25-16-17-34(45-25)28(27)31(40)37(22(2)20-38)30(34)32(36)41/h6-9,12-14,16-17,22,24-25,27-30,38H,4-5,10-11,15,18-21H2,1-3H3,(H,35,39)/b12-7-/t22-,24+,25-,27+,28+,29+,30-,34+/m1/s1. The Kier molecular flexibility index (Phi) is 10.4. The van der Waals surface area contributed by atoms with E-state index in [1.54, 1.807) is 24.0 Å². The Morgan fingerprint density at radius 3 is 2.60 bits per heavy atom. The van der Waals surface area contributed by atoms with Crippen LogP contribution < -0.4 is 5.32 Å². The molecular formula is C34H45N3O8. The fraction of sp³-hybridized carbons (Fsp3) is 0.588. The molecule has 8 atom stereocenters. The quantitative estimate of drug-likeness (QED) is 0.243. The molecule has 0 aromatic heterocycles. The second kappa shape index (κ2) is 14.3. The predicted octanol–water partition coefficient (Wildman–Crippen LogP) is 2.30. The van der Waals surface area contributed by atoms with Crippen LogP contribution >= 0.6 is 0 Å². The highest BCUT2D eigenvalue weighted by Gasteiger charge is 2.74. The molecule has 11 nitrogen and oxygen atoms in total. The van der Waals surface area contributed by atoms with Gasteiger partial charge in [-0.15, -0.1) is 0 Å². The van der Waals surface area contributed by atoms with Gasteiger partial charge in [-0.25, -0.2) is 0 Å². The highest BCUT2D eigenvalue weighted by molar-refractivity contribution is 5.99. The van der Waals surface area contributed by atoms with E-state index in [-0.39, 0.29) is 38.0 Å². The van der Waals surface area contributed by atoms with E-state index in [2.05, 4.69) is 12.2 Å². The molecule has 2 fully saturated rings. The molecular weight excluding hydrogens is 578 g/mol. The van der Waals surface area contributed by atoms with Crippen LogP contribution in [0.1, 0.15) is 57.6 Å². The SMILES string of the molecule is CCCCCN1C/C=C\CCC(=O)N[C@@H](COC)[C@H](c2ccccc2)OC(=O)[C@@H]2[C@H]3C(=O)N([C@H](C)CO)[C@H](C1=O)[C@]31C=C[C@H]2O1. The Morgan fingerprint density at radius 2 is 1.89 bits per heavy atom. The molecule has 5 bridgehead atoms. The van der Waals surface area contributed by atoms with Gasteiger partial charge in [0.1, 0.15) is 23.7 Å². The van der Waals surface area contributed by atoms with Crippen molar-refractivity contribution in [3.8, 4) is 0 Å². The molecule has 1 aromatic carbocycles. The number of nitrogens with zero attached hydrogens (tertiary/aromatic N) is 2. The zero-order valence-corrected chi connectivity index (χ0v) is 26.3. The lowest BCUT2D eigenvalue weighted by Crippen LogP contribution is -2.58. The smallest absolute Gasteiger partial charge is 0.313 e. The van der Waals surface area contributed by atoms with Gasteiger partial charge >= 0.3 is 5.97 Å². The number of nitrogens with one attached hydrogen (secondary N) is 1. The van der Waals surface area contributed by atoms with E-state index in [4.69, 9.17) is 14.2 Å². The van der Waals surface area contributed by atoms with Gasteiger partial charge in [-0.3, -0.25) is 19.2 Å². The molecule has 0 radical (unpaired) electrons. The van der Waals surface area contributed by atoms with Gasteiger partial charge in [0.15, 0.2) is 0 Å². The van der Waals surface area contributed by atoms with Crippen LogP contribution in [-0.2, 0) is 33.4 Å². The summed E-state index contributed by atoms with van der Waals surface area (Å²) in [5.74, 6) is -3.65. The summed E-state index contributed by atoms with van der Waals surface area (Å²) in [5.41, 5.74) is -0.723. The molecule has 3 amide bonds. The minimum absolute atomic E-state index is 0.0797. The highest BCUT2D eigenvalue weighted by atomic mass is 16.6. The summed E-state index contributed by atoms with van der Waals surface area (Å²) in [6.45, 7) is 4.26. The van der Waals surface area contributed by atoms with E-state index < -0.39 is 59.6 Å². The lowest BCUT2D eigenvalue weighted by Gasteiger charge is -2.37. The molecule has 5 rings (SSSR count). The topological polar surface area (TPSA) is 135 Å². The van der Waals surface area contributed by atoms with E-state index >= 15 is 0 Å². The number of hydrogen-bond acceptors (Lipinski definition) is 8. The fourth-order valence-corrected chi connectivity index (χ4v) is 7.16. The number of allylic oxidation sites excluding steroid dienone is 1. The predicted molar refractivity (Wildman–Crippen MR) is 164 cm³/mol. The third-order valence-corrected chi connectivity index (χ3v) is 9.36. The number of cyclic esters (lactones) is 1. The number of likely N-dealkylation sites (tertiary alicyclic amines) is 1. The summed E-state index contributed by atoms with van der Waals surface area (Å²) in [5, 5.41) is 13.2. The average molecular weight is 624 g/mol. The number of carbonyl (C=O) groups is 4. The van der Waals surface area contributed by atoms with Crippen molar-refractivity contribution >= 4 is 23.7 Å². The Hall–Kier alpha value is -3.54. The summed E-state index contributed by atoms with van der Waals surface area (Å²) in [6.07, 6.45) is 8.88. The largest absolute Gasteiger partial charge is 0.455 e. The number of carbonyl (C=O) groups excluding carboxylic acids is 4. The zero-order valence-electron chi connectivity index (χ0n) is 26.3. The molecule has 45 heavy (non-hydrogen) atoms. The first-order chi connectivity index (χ1) is 21.8. The monoisotopic (exact) mass is 623 g/mol. The Balaban J connectivity index is 1.58. The lowest BCUT2D eigenvalue weighted by atomic mass is 9.74. The second-order valence-corrected chi connectivity index (χ2v) is 12.4. The van der Waals surface area contributed by atoms with Crippen molar-refractivity contribution in [2.75, 3.05) is 33.4 Å². The number of esters is 1. The van der Waals surface area contributed by atoms with Crippen LogP contribution in [0.5, 0.6) is 0 Å². The number of benzene rings is 1. The molecule has 1 spiro atoms. The number of hydrogen-bond donors (Lipinski definition) is 2. The lowest BCUT2D eigenvalue weighted by molar-refractivity contribution is -0.162. The van der Waals surface area contributed by atoms with Gasteiger partial charge in [0.2, 0.25) is 17.7 Å². The average Bonchev–Trinajstić information content (AvgIpc) is 3.69. The first-order valence-electron chi connectivity index (χ1n) is 16.0. The fourth-order valence-electron chi connectivity index (χ4n) is 7.16. The van der Waals surface area contributed by atoms with Crippen LogP contribution in [-0.4, -0.2) is 102 Å². The van der Waals surface area contributed by atoms with Crippen molar-refractivity contribution < 1.29 is 38.5 Å². The number of aliphatic hydroxyl groups excluding tert-OH is 1. The zero-order chi connectivity index (χ0) is 32.1. The number of amides is 3. The molecule has 4 heterocycles. The van der Waals surface area contributed by atoms with E-state index in [0.717, 1.165) is 19.3 Å². The summed E-state index contributed by atoms with van der Waals surface area (Å²) in [6, 6.07) is 6.65. The molecule has 1 aromatic rings. The molecule has 2 N–H and O–H groups in total. The molecule has 0 aliphatic carbocycles. The first-order valence-corrected chi connectivity index (χ1v) is 16.0. The van der Waals surface area contributed by atoms with Crippen LogP contribution in [0.15, 0.2) is 54.6 Å². The number of aliphatic hydroxyl groups is 1. The van der Waals surface area contributed by atoms with Crippen molar-refractivity contribution in [3.63, 3.8) is 0 Å². The van der Waals surface area contributed by atoms with Crippen LogP contribution in [0, 0.1) is 11.8 Å². The second-order valence-electron chi connectivity index (χ2n) is 12.4. The Bertz CT molecular complexity index is 1300. The summed E-state index contributed by atoms with van der Waals surface area (Å²) in [4.78, 5) is 59.2. The van der Waals surface area contributed by atoms with E-state index in [1.807, 2.05) is 42.5 Å². The minimum Gasteiger partial charge on any atom is -0.455 e. The normalized spacial score (nSPS) is 33.2. The van der Waals surface area contributed by atoms with Gasteiger partial charge in [0, 0.05) is 26.6 Å². The third-order valence-electron chi connectivity index (χ3n) is 9.36. The van der Waals surface area contributed by atoms with Crippen molar-refractivity contribution in [2.45, 2.75) is 81.9 Å². The molecule has 0 saturated carbocycles. The van der Waals surface area contributed by atoms with Gasteiger partial charge in [0.25, 0.3) is 0 Å². The Morgan fingerprint density at radius 1 is 1.11 bits per heavy atom. The van der Waals surface area contributed by atoms with Gasteiger partial charge in [0.05, 0.1) is 37.3 Å². The number of ether oxygens (including phenoxy) is 3. The van der Waals surface area contributed by atoms with Gasteiger partial charge in [-0.05, 0) is 25.3 Å². The minimum atomic E-state index is -1.38. The third kappa shape index (κ3) is 6.30. The molecule has 244 valence electrons. The molecule has 4 aliphatic heterocycles. The first kappa shape index (κ1) is 32.8. The Labute approximate surface area is 264 Å². The maximum absolute atomic E-state index is 14.5. The number of fused-ring (bicyclic) bond motifs is 2. The summed E-state index contributed by atoms with van der Waals surface area (Å²) in [7, 11) is 1.51. The maximum atomic E-state index is 14.5. The van der Waals surface area contributed by atoms with Crippen LogP contribution in [0.25, 0.3) is 0 Å². The summed E-state index contributed by atoms with van der Waals surface area (Å²) >= 11 is 0. The number of rotatable bonds is 9. The van der Waals surface area contributed by atoms with Gasteiger partial charge in [-0.2, -0.15) is 0 Å². The maximum Gasteiger partial charge on any atom is 0.313 e. The van der Waals surface area contributed by atoms with Crippen molar-refractivity contribution in [2.24, 2.45) is 11.8 Å². The summed E-state index contributed by atoms with van der Waals surface area (Å²) < 4.78 is 18.1. The van der Waals surface area contributed by atoms with Crippen LogP contribution in [0.4, 0.5) is 0 Å². The van der Waals surface area contributed by atoms with Crippen molar-refractivity contribution in [1.82, 2.24) is 15.1 Å². The van der Waals surface area contributed by atoms with Gasteiger partial charge in [-0.1, -0.05) is 74.4 Å². The molecule has 11 heteroatoms. The van der Waals surface area contributed by atoms with Crippen LogP contribution in [0.3, 0.4) is 0 Å². The number of methoxy groups -OCH3 is 1. The molecule has 2 saturated heterocycles. The number of unbranched alkanes of at least 4 members (excludes halogenated alkanes) is 2. The van der Waals surface area contributed by atoms with E-state index in [0.29, 0.717) is 18.5 Å². The van der Waals surface area contributed by atoms with Crippen LogP contribution in [0.2, 0.25) is 0 Å². The van der Waals surface area contributed by atoms with E-state index in [1.165, 1.54) is 12.0 Å². The molecule has 4 aliphatic rings. The van der Waals surface area contributed by atoms with Crippen molar-refractivity contribution in [1.29, 1.82) is 0 Å².